The van der Waals surface area contributed by atoms with Crippen molar-refractivity contribution in [3.63, 3.8) is 0 Å². The summed E-state index contributed by atoms with van der Waals surface area (Å²) < 4.78 is 1.25. The fourth-order valence-electron chi connectivity index (χ4n) is 2.03. The Balaban J connectivity index is 1.90. The van der Waals surface area contributed by atoms with Gasteiger partial charge in [0, 0.05) is 11.4 Å². The molecule has 1 aromatic heterocycles. The SMILES string of the molecule is O=c1[nH]nc(Cc2ccccc2Cl)n1/N=C/c1ccccc1. The molecule has 0 bridgehead atoms. The first-order chi connectivity index (χ1) is 10.7. The van der Waals surface area contributed by atoms with Crippen LogP contribution < -0.4 is 5.69 Å². The molecule has 1 N–H and O–H groups in total. The van der Waals surface area contributed by atoms with E-state index in [9.17, 15) is 4.79 Å². The lowest BCUT2D eigenvalue weighted by atomic mass is 10.1. The summed E-state index contributed by atoms with van der Waals surface area (Å²) in [7, 11) is 0. The molecule has 6 heteroatoms. The van der Waals surface area contributed by atoms with Gasteiger partial charge in [-0.1, -0.05) is 60.1 Å². The third-order valence-electron chi connectivity index (χ3n) is 3.15. The lowest BCUT2D eigenvalue weighted by Gasteiger charge is -2.02. The molecular weight excluding hydrogens is 300 g/mol. The van der Waals surface area contributed by atoms with Gasteiger partial charge >= 0.3 is 5.69 Å². The van der Waals surface area contributed by atoms with Crippen molar-refractivity contribution < 1.29 is 0 Å². The van der Waals surface area contributed by atoms with Crippen LogP contribution in [0.25, 0.3) is 0 Å². The minimum atomic E-state index is -0.380. The van der Waals surface area contributed by atoms with Crippen molar-refractivity contribution >= 4 is 17.8 Å². The molecule has 0 unspecified atom stereocenters. The van der Waals surface area contributed by atoms with Gasteiger partial charge in [0.15, 0.2) is 5.82 Å². The summed E-state index contributed by atoms with van der Waals surface area (Å²) in [4.78, 5) is 11.8. The highest BCUT2D eigenvalue weighted by atomic mass is 35.5. The van der Waals surface area contributed by atoms with E-state index in [4.69, 9.17) is 11.6 Å². The molecule has 22 heavy (non-hydrogen) atoms. The van der Waals surface area contributed by atoms with Crippen molar-refractivity contribution in [1.29, 1.82) is 0 Å². The average molecular weight is 313 g/mol. The molecule has 0 amide bonds. The number of hydrogen-bond donors (Lipinski definition) is 1. The van der Waals surface area contributed by atoms with Crippen LogP contribution in [0.2, 0.25) is 5.02 Å². The third kappa shape index (κ3) is 3.15. The van der Waals surface area contributed by atoms with Gasteiger partial charge in [-0.3, -0.25) is 0 Å². The Morgan fingerprint density at radius 3 is 2.64 bits per heavy atom. The molecule has 110 valence electrons. The standard InChI is InChI=1S/C16H13ClN4O/c17-14-9-5-4-8-13(14)10-15-19-20-16(22)21(15)18-11-12-6-2-1-3-7-12/h1-9,11H,10H2,(H,20,22)/b18-11+. The van der Waals surface area contributed by atoms with Crippen LogP contribution in [-0.4, -0.2) is 21.1 Å². The van der Waals surface area contributed by atoms with E-state index in [-0.39, 0.29) is 5.69 Å². The minimum absolute atomic E-state index is 0.380. The molecule has 5 nitrogen and oxygen atoms in total. The second kappa shape index (κ2) is 6.41. The Bertz CT molecular complexity index is 852. The van der Waals surface area contributed by atoms with Crippen molar-refractivity contribution in [2.45, 2.75) is 6.42 Å². The number of halogens is 1. The zero-order valence-electron chi connectivity index (χ0n) is 11.6. The molecule has 2 aromatic carbocycles. The van der Waals surface area contributed by atoms with E-state index in [1.54, 1.807) is 12.3 Å². The number of hydrogen-bond acceptors (Lipinski definition) is 3. The zero-order valence-corrected chi connectivity index (χ0v) is 12.4. The predicted molar refractivity (Wildman–Crippen MR) is 86.5 cm³/mol. The van der Waals surface area contributed by atoms with Gasteiger partial charge in [-0.2, -0.15) is 14.9 Å². The van der Waals surface area contributed by atoms with Gasteiger partial charge in [0.2, 0.25) is 0 Å². The van der Waals surface area contributed by atoms with Crippen LogP contribution >= 0.6 is 11.6 Å². The first-order valence-electron chi connectivity index (χ1n) is 6.73. The van der Waals surface area contributed by atoms with Crippen LogP contribution in [0.15, 0.2) is 64.5 Å². The van der Waals surface area contributed by atoms with E-state index in [1.807, 2.05) is 48.5 Å². The molecule has 3 rings (SSSR count). The summed E-state index contributed by atoms with van der Waals surface area (Å²) in [5.74, 6) is 0.505. The summed E-state index contributed by atoms with van der Waals surface area (Å²) in [5, 5.41) is 11.3. The molecule has 3 aromatic rings. The van der Waals surface area contributed by atoms with Crippen LogP contribution in [0.1, 0.15) is 17.0 Å². The van der Waals surface area contributed by atoms with Crippen molar-refractivity contribution in [3.8, 4) is 0 Å². The number of rotatable bonds is 4. The quantitative estimate of drug-likeness (QED) is 0.753. The fourth-order valence-corrected chi connectivity index (χ4v) is 2.24. The number of aromatic nitrogens is 3. The first-order valence-corrected chi connectivity index (χ1v) is 7.11. The van der Waals surface area contributed by atoms with Crippen molar-refractivity contribution in [2.24, 2.45) is 5.10 Å². The van der Waals surface area contributed by atoms with Crippen molar-refractivity contribution in [2.75, 3.05) is 0 Å². The van der Waals surface area contributed by atoms with E-state index in [0.29, 0.717) is 17.3 Å². The molecule has 0 aliphatic carbocycles. The van der Waals surface area contributed by atoms with Gasteiger partial charge in [-0.15, -0.1) is 0 Å². The van der Waals surface area contributed by atoms with E-state index in [1.165, 1.54) is 4.68 Å². The summed E-state index contributed by atoms with van der Waals surface area (Å²) >= 11 is 6.14. The molecule has 0 fully saturated rings. The van der Waals surface area contributed by atoms with Gasteiger partial charge in [-0.05, 0) is 17.2 Å². The lowest BCUT2D eigenvalue weighted by Crippen LogP contribution is -2.15. The Labute approximate surface area is 131 Å². The van der Waals surface area contributed by atoms with Gasteiger partial charge in [0.25, 0.3) is 0 Å². The maximum Gasteiger partial charge on any atom is 0.364 e. The molecular formula is C16H13ClN4O. The van der Waals surface area contributed by atoms with E-state index in [2.05, 4.69) is 15.3 Å². The monoisotopic (exact) mass is 312 g/mol. The second-order valence-corrected chi connectivity index (χ2v) is 5.09. The number of H-pyrrole nitrogens is 1. The van der Waals surface area contributed by atoms with E-state index < -0.39 is 0 Å². The van der Waals surface area contributed by atoms with Gasteiger partial charge < -0.3 is 0 Å². The van der Waals surface area contributed by atoms with E-state index >= 15 is 0 Å². The second-order valence-electron chi connectivity index (χ2n) is 4.68. The zero-order chi connectivity index (χ0) is 15.4. The minimum Gasteiger partial charge on any atom is -0.244 e. The largest absolute Gasteiger partial charge is 0.364 e. The normalized spacial score (nSPS) is 11.1. The summed E-state index contributed by atoms with van der Waals surface area (Å²) in [6.45, 7) is 0. The Hall–Kier alpha value is -2.66. The Morgan fingerprint density at radius 1 is 1.14 bits per heavy atom. The Morgan fingerprint density at radius 2 is 1.86 bits per heavy atom. The molecule has 0 aliphatic heterocycles. The Kier molecular flexibility index (Phi) is 4.16. The third-order valence-corrected chi connectivity index (χ3v) is 3.51. The fraction of sp³-hybridized carbons (Fsp3) is 0.0625. The highest BCUT2D eigenvalue weighted by Crippen LogP contribution is 2.17. The maximum absolute atomic E-state index is 11.8. The average Bonchev–Trinajstić information content (AvgIpc) is 2.89. The maximum atomic E-state index is 11.8. The number of benzene rings is 2. The predicted octanol–water partition coefficient (Wildman–Crippen LogP) is 2.70. The molecule has 0 saturated heterocycles. The molecule has 0 spiro atoms. The van der Waals surface area contributed by atoms with Gasteiger partial charge in [0.1, 0.15) is 0 Å². The van der Waals surface area contributed by atoms with Crippen molar-refractivity contribution in [1.82, 2.24) is 14.9 Å². The van der Waals surface area contributed by atoms with Crippen LogP contribution in [0.3, 0.4) is 0 Å². The summed E-state index contributed by atoms with van der Waals surface area (Å²) in [5.41, 5.74) is 1.41. The molecule has 0 atom stereocenters. The number of nitrogens with one attached hydrogen (secondary N) is 1. The summed E-state index contributed by atoms with van der Waals surface area (Å²) in [6, 6.07) is 17.0. The van der Waals surface area contributed by atoms with Gasteiger partial charge in [0.05, 0.1) is 6.21 Å². The number of nitrogens with zero attached hydrogens (tertiary/aromatic N) is 3. The van der Waals surface area contributed by atoms with Crippen molar-refractivity contribution in [3.05, 3.63) is 87.1 Å². The topological polar surface area (TPSA) is 63.0 Å². The van der Waals surface area contributed by atoms with Crippen LogP contribution in [0.4, 0.5) is 0 Å². The van der Waals surface area contributed by atoms with Crippen LogP contribution in [-0.2, 0) is 6.42 Å². The molecule has 1 heterocycles. The highest BCUT2D eigenvalue weighted by molar-refractivity contribution is 6.31. The van der Waals surface area contributed by atoms with Crippen LogP contribution in [0.5, 0.6) is 0 Å². The van der Waals surface area contributed by atoms with E-state index in [0.717, 1.165) is 11.1 Å². The molecule has 0 radical (unpaired) electrons. The lowest BCUT2D eigenvalue weighted by molar-refractivity contribution is 0.775. The summed E-state index contributed by atoms with van der Waals surface area (Å²) in [6.07, 6.45) is 2.04. The number of aromatic amines is 1. The highest BCUT2D eigenvalue weighted by Gasteiger charge is 2.09. The van der Waals surface area contributed by atoms with Gasteiger partial charge in [-0.25, -0.2) is 9.89 Å². The first kappa shape index (κ1) is 14.3. The van der Waals surface area contributed by atoms with Crippen LogP contribution in [0, 0.1) is 0 Å². The smallest absolute Gasteiger partial charge is 0.244 e. The molecule has 0 aliphatic rings. The molecule has 0 saturated carbocycles.